The van der Waals surface area contributed by atoms with Crippen LogP contribution in [0.4, 0.5) is 5.69 Å². The number of hydrogen-bond acceptors (Lipinski definition) is 5. The van der Waals surface area contributed by atoms with Crippen LogP contribution in [0, 0.1) is 6.92 Å². The Morgan fingerprint density at radius 2 is 2.08 bits per heavy atom. The van der Waals surface area contributed by atoms with Crippen LogP contribution in [-0.2, 0) is 14.3 Å². The second-order valence-corrected chi connectivity index (χ2v) is 6.11. The van der Waals surface area contributed by atoms with E-state index in [0.29, 0.717) is 37.6 Å². The van der Waals surface area contributed by atoms with Crippen molar-refractivity contribution in [2.45, 2.75) is 25.8 Å². The molecule has 7 nitrogen and oxygen atoms in total. The number of ether oxygens (including phenoxy) is 2. The molecule has 1 aromatic carbocycles. The first-order valence-corrected chi connectivity index (χ1v) is 8.51. The number of methoxy groups -OCH3 is 2. The zero-order valence-corrected chi connectivity index (χ0v) is 16.4. The zero-order valence-electron chi connectivity index (χ0n) is 15.5. The molecule has 1 atom stereocenters. The summed E-state index contributed by atoms with van der Waals surface area (Å²) in [4.78, 5) is 26.7. The van der Waals surface area contributed by atoms with Gasteiger partial charge in [0.05, 0.1) is 25.9 Å². The van der Waals surface area contributed by atoms with Gasteiger partial charge in [0, 0.05) is 20.2 Å². The third kappa shape index (κ3) is 5.86. The fourth-order valence-corrected chi connectivity index (χ4v) is 2.94. The topological polar surface area (TPSA) is 79.9 Å². The summed E-state index contributed by atoms with van der Waals surface area (Å²) in [6.07, 6.45) is 1.50. The fraction of sp³-hybridized carbons (Fsp3) is 0.556. The average Bonchev–Trinajstić information content (AvgIpc) is 3.09. The van der Waals surface area contributed by atoms with Crippen LogP contribution >= 0.6 is 12.4 Å². The van der Waals surface area contributed by atoms with Gasteiger partial charge < -0.3 is 25.0 Å². The Labute approximate surface area is 160 Å². The van der Waals surface area contributed by atoms with Crippen LogP contribution in [0.2, 0.25) is 0 Å². The molecular formula is C18H28ClN3O4. The van der Waals surface area contributed by atoms with Gasteiger partial charge in [-0.1, -0.05) is 6.07 Å². The summed E-state index contributed by atoms with van der Waals surface area (Å²) in [7, 11) is 3.18. The van der Waals surface area contributed by atoms with E-state index in [-0.39, 0.29) is 30.8 Å². The number of carbonyl (C=O) groups is 2. The molecule has 1 unspecified atom stereocenters. The van der Waals surface area contributed by atoms with Gasteiger partial charge in [-0.05, 0) is 37.5 Å². The summed E-state index contributed by atoms with van der Waals surface area (Å²) in [6.45, 7) is 3.92. The molecule has 1 aromatic rings. The predicted molar refractivity (Wildman–Crippen MR) is 103 cm³/mol. The summed E-state index contributed by atoms with van der Waals surface area (Å²) in [6, 6.07) is 5.17. The highest BCUT2D eigenvalue weighted by Crippen LogP contribution is 2.27. The quantitative estimate of drug-likeness (QED) is 0.664. The first kappa shape index (κ1) is 22.2. The highest BCUT2D eigenvalue weighted by molar-refractivity contribution is 5.98. The lowest BCUT2D eigenvalue weighted by Crippen LogP contribution is -2.46. The molecule has 1 aliphatic heterocycles. The monoisotopic (exact) mass is 385 g/mol. The summed E-state index contributed by atoms with van der Waals surface area (Å²) in [5.41, 5.74) is 1.66. The lowest BCUT2D eigenvalue weighted by Gasteiger charge is -2.24. The molecule has 2 N–H and O–H groups in total. The maximum atomic E-state index is 12.7. The second kappa shape index (κ2) is 11.0. The standard InChI is InChI=1S/C18H27N3O4.ClH/c1-13-6-7-16(25-3)14(11-13)20-18(23)15-5-4-9-21(15)17(22)12-19-8-10-24-2;/h6-7,11,15,19H,4-5,8-10,12H2,1-3H3,(H,20,23);1H. The molecule has 0 aliphatic carbocycles. The van der Waals surface area contributed by atoms with Crippen molar-refractivity contribution in [3.05, 3.63) is 23.8 Å². The lowest BCUT2D eigenvalue weighted by molar-refractivity contribution is -0.135. The van der Waals surface area contributed by atoms with Crippen LogP contribution in [0.1, 0.15) is 18.4 Å². The van der Waals surface area contributed by atoms with Crippen molar-refractivity contribution in [3.8, 4) is 5.75 Å². The number of hydrogen-bond donors (Lipinski definition) is 2. The SMILES string of the molecule is COCCNCC(=O)N1CCCC1C(=O)Nc1cc(C)ccc1OC.Cl. The van der Waals surface area contributed by atoms with Gasteiger partial charge in [-0.3, -0.25) is 9.59 Å². The van der Waals surface area contributed by atoms with E-state index in [1.54, 1.807) is 19.1 Å². The van der Waals surface area contributed by atoms with Crippen LogP contribution in [0.5, 0.6) is 5.75 Å². The van der Waals surface area contributed by atoms with E-state index in [2.05, 4.69) is 10.6 Å². The van der Waals surface area contributed by atoms with E-state index in [4.69, 9.17) is 9.47 Å². The van der Waals surface area contributed by atoms with Gasteiger partial charge in [0.2, 0.25) is 11.8 Å². The van der Waals surface area contributed by atoms with Crippen LogP contribution in [0.25, 0.3) is 0 Å². The molecule has 1 saturated heterocycles. The Morgan fingerprint density at radius 3 is 2.77 bits per heavy atom. The van der Waals surface area contributed by atoms with Crippen molar-refractivity contribution in [2.75, 3.05) is 45.8 Å². The Morgan fingerprint density at radius 1 is 1.31 bits per heavy atom. The summed E-state index contributed by atoms with van der Waals surface area (Å²) in [5, 5.41) is 5.94. The molecule has 0 spiro atoms. The summed E-state index contributed by atoms with van der Waals surface area (Å²) >= 11 is 0. The van der Waals surface area contributed by atoms with E-state index in [1.165, 1.54) is 0 Å². The minimum absolute atomic E-state index is 0. The van der Waals surface area contributed by atoms with E-state index < -0.39 is 6.04 Å². The maximum Gasteiger partial charge on any atom is 0.247 e. The van der Waals surface area contributed by atoms with Crippen molar-refractivity contribution in [1.82, 2.24) is 10.2 Å². The van der Waals surface area contributed by atoms with Crippen LogP contribution in [0.3, 0.4) is 0 Å². The van der Waals surface area contributed by atoms with E-state index in [1.807, 2.05) is 25.1 Å². The van der Waals surface area contributed by atoms with Gasteiger partial charge in [0.1, 0.15) is 11.8 Å². The van der Waals surface area contributed by atoms with Crippen LogP contribution in [-0.4, -0.2) is 63.2 Å². The van der Waals surface area contributed by atoms with Gasteiger partial charge in [-0.15, -0.1) is 12.4 Å². The number of rotatable bonds is 8. The third-order valence-corrected chi connectivity index (χ3v) is 4.25. The van der Waals surface area contributed by atoms with E-state index >= 15 is 0 Å². The molecule has 146 valence electrons. The Kier molecular flexibility index (Phi) is 9.40. The molecule has 1 aliphatic rings. The molecule has 0 saturated carbocycles. The van der Waals surface area contributed by atoms with Crippen LogP contribution in [0.15, 0.2) is 18.2 Å². The number of likely N-dealkylation sites (tertiary alicyclic amines) is 1. The van der Waals surface area contributed by atoms with Gasteiger partial charge in [0.15, 0.2) is 0 Å². The number of nitrogens with zero attached hydrogens (tertiary/aromatic N) is 1. The Balaban J connectivity index is 0.00000338. The molecule has 1 fully saturated rings. The normalized spacial score (nSPS) is 16.1. The number of amides is 2. The van der Waals surface area contributed by atoms with E-state index in [9.17, 15) is 9.59 Å². The number of anilines is 1. The maximum absolute atomic E-state index is 12.7. The van der Waals surface area contributed by atoms with Crippen molar-refractivity contribution in [1.29, 1.82) is 0 Å². The Bertz CT molecular complexity index is 612. The number of carbonyl (C=O) groups excluding carboxylic acids is 2. The van der Waals surface area contributed by atoms with Gasteiger partial charge in [-0.25, -0.2) is 0 Å². The predicted octanol–water partition coefficient (Wildman–Crippen LogP) is 1.59. The van der Waals surface area contributed by atoms with Gasteiger partial charge >= 0.3 is 0 Å². The molecule has 2 amide bonds. The second-order valence-electron chi connectivity index (χ2n) is 6.11. The summed E-state index contributed by atoms with van der Waals surface area (Å²) in [5.74, 6) is 0.368. The molecule has 8 heteroatoms. The fourth-order valence-electron chi connectivity index (χ4n) is 2.94. The largest absolute Gasteiger partial charge is 0.495 e. The number of halogens is 1. The third-order valence-electron chi connectivity index (χ3n) is 4.25. The highest BCUT2D eigenvalue weighted by Gasteiger charge is 2.34. The minimum Gasteiger partial charge on any atom is -0.495 e. The first-order valence-electron chi connectivity index (χ1n) is 8.51. The molecular weight excluding hydrogens is 358 g/mol. The number of aryl methyl sites for hydroxylation is 1. The van der Waals surface area contributed by atoms with Crippen molar-refractivity contribution in [2.24, 2.45) is 0 Å². The first-order chi connectivity index (χ1) is 12.1. The van der Waals surface area contributed by atoms with Crippen LogP contribution < -0.4 is 15.4 Å². The zero-order chi connectivity index (χ0) is 18.2. The summed E-state index contributed by atoms with van der Waals surface area (Å²) < 4.78 is 10.2. The van der Waals surface area contributed by atoms with Gasteiger partial charge in [-0.2, -0.15) is 0 Å². The number of nitrogens with one attached hydrogen (secondary N) is 2. The number of benzene rings is 1. The Hall–Kier alpha value is -1.83. The molecule has 0 radical (unpaired) electrons. The van der Waals surface area contributed by atoms with Gasteiger partial charge in [0.25, 0.3) is 0 Å². The lowest BCUT2D eigenvalue weighted by atomic mass is 10.1. The average molecular weight is 386 g/mol. The van der Waals surface area contributed by atoms with Crippen molar-refractivity contribution in [3.63, 3.8) is 0 Å². The smallest absolute Gasteiger partial charge is 0.247 e. The minimum atomic E-state index is -0.443. The van der Waals surface area contributed by atoms with E-state index in [0.717, 1.165) is 12.0 Å². The molecule has 0 aromatic heterocycles. The molecule has 0 bridgehead atoms. The molecule has 26 heavy (non-hydrogen) atoms. The molecule has 1 heterocycles. The molecule has 2 rings (SSSR count). The van der Waals surface area contributed by atoms with Crippen molar-refractivity contribution < 1.29 is 19.1 Å². The highest BCUT2D eigenvalue weighted by atomic mass is 35.5. The van der Waals surface area contributed by atoms with Crippen molar-refractivity contribution >= 4 is 29.9 Å².